The predicted octanol–water partition coefficient (Wildman–Crippen LogP) is 0.231. The molecule has 0 radical (unpaired) electrons. The van der Waals surface area contributed by atoms with Gasteiger partial charge in [0.1, 0.15) is 0 Å². The van der Waals surface area contributed by atoms with Crippen molar-refractivity contribution in [2.75, 3.05) is 40.0 Å². The molecule has 1 aliphatic heterocycles. The van der Waals surface area contributed by atoms with E-state index in [1.165, 1.54) is 18.2 Å². The van der Waals surface area contributed by atoms with Gasteiger partial charge in [-0.2, -0.15) is 0 Å². The van der Waals surface area contributed by atoms with Crippen LogP contribution < -0.4 is 0 Å². The number of carbonyl (C=O) groups excluding carboxylic acids is 3. The van der Waals surface area contributed by atoms with E-state index in [-0.39, 0.29) is 12.3 Å². The highest BCUT2D eigenvalue weighted by Gasteiger charge is 2.28. The highest BCUT2D eigenvalue weighted by atomic mass is 16.5. The summed E-state index contributed by atoms with van der Waals surface area (Å²) in [6.07, 6.45) is 1.45. The van der Waals surface area contributed by atoms with Crippen LogP contribution in [0, 0.1) is 0 Å². The SMILES string of the molecule is COC(=O)c1cccc2c(C(=O)C(=O)N3CCN(CO)CC3)c[nH]c12. The fourth-order valence-corrected chi connectivity index (χ4v) is 2.97. The van der Waals surface area contributed by atoms with Gasteiger partial charge in [-0.05, 0) is 6.07 Å². The summed E-state index contributed by atoms with van der Waals surface area (Å²) in [5, 5.41) is 9.61. The van der Waals surface area contributed by atoms with Crippen molar-refractivity contribution in [2.45, 2.75) is 0 Å². The van der Waals surface area contributed by atoms with E-state index in [2.05, 4.69) is 4.98 Å². The van der Waals surface area contributed by atoms with E-state index in [1.54, 1.807) is 23.1 Å². The van der Waals surface area contributed by atoms with Crippen molar-refractivity contribution in [2.24, 2.45) is 0 Å². The molecule has 3 rings (SSSR count). The predicted molar refractivity (Wildman–Crippen MR) is 89.2 cm³/mol. The zero-order valence-corrected chi connectivity index (χ0v) is 13.8. The van der Waals surface area contributed by atoms with E-state index in [1.807, 2.05) is 0 Å². The first kappa shape index (κ1) is 17.1. The summed E-state index contributed by atoms with van der Waals surface area (Å²) in [7, 11) is 1.28. The number of rotatable bonds is 4. The molecule has 1 aromatic carbocycles. The Bertz CT molecular complexity index is 821. The Hall–Kier alpha value is -2.71. The summed E-state index contributed by atoms with van der Waals surface area (Å²) in [4.78, 5) is 43.1. The van der Waals surface area contributed by atoms with E-state index in [9.17, 15) is 14.4 Å². The van der Waals surface area contributed by atoms with Gasteiger partial charge in [0.15, 0.2) is 0 Å². The minimum Gasteiger partial charge on any atom is -0.465 e. The number of esters is 1. The summed E-state index contributed by atoms with van der Waals surface area (Å²) < 4.78 is 4.73. The number of H-pyrrole nitrogens is 1. The van der Waals surface area contributed by atoms with Gasteiger partial charge in [-0.25, -0.2) is 4.79 Å². The second-order valence-electron chi connectivity index (χ2n) is 5.80. The molecule has 1 aromatic heterocycles. The number of aliphatic hydroxyl groups is 1. The number of hydrogen-bond donors (Lipinski definition) is 2. The lowest BCUT2D eigenvalue weighted by atomic mass is 10.1. The number of ether oxygens (including phenoxy) is 1. The van der Waals surface area contributed by atoms with Crippen LogP contribution in [0.4, 0.5) is 0 Å². The number of amides is 1. The van der Waals surface area contributed by atoms with E-state index < -0.39 is 17.7 Å². The van der Waals surface area contributed by atoms with E-state index in [0.29, 0.717) is 42.6 Å². The van der Waals surface area contributed by atoms with Crippen LogP contribution in [0.25, 0.3) is 10.9 Å². The number of aromatic nitrogens is 1. The standard InChI is InChI=1S/C17H19N3O5/c1-25-17(24)12-4-2-3-11-13(9-18-14(11)12)15(22)16(23)20-7-5-19(10-21)6-8-20/h2-4,9,18,21H,5-8,10H2,1H3. The molecule has 2 aromatic rings. The molecule has 2 heterocycles. The molecule has 0 saturated carbocycles. The first-order chi connectivity index (χ1) is 12.1. The van der Waals surface area contributed by atoms with Crippen molar-refractivity contribution in [3.05, 3.63) is 35.5 Å². The van der Waals surface area contributed by atoms with Crippen LogP contribution in [0.1, 0.15) is 20.7 Å². The topological polar surface area (TPSA) is 103 Å². The number of hydrogen-bond acceptors (Lipinski definition) is 6. The molecule has 25 heavy (non-hydrogen) atoms. The molecule has 0 spiro atoms. The Morgan fingerprint density at radius 1 is 1.16 bits per heavy atom. The summed E-state index contributed by atoms with van der Waals surface area (Å²) in [6.45, 7) is 1.77. The maximum atomic E-state index is 12.6. The number of benzene rings is 1. The number of fused-ring (bicyclic) bond motifs is 1. The lowest BCUT2D eigenvalue weighted by Gasteiger charge is -2.32. The van der Waals surface area contributed by atoms with Crippen molar-refractivity contribution in [1.29, 1.82) is 0 Å². The van der Waals surface area contributed by atoms with E-state index in [4.69, 9.17) is 9.84 Å². The molecule has 0 unspecified atom stereocenters. The van der Waals surface area contributed by atoms with E-state index in [0.717, 1.165) is 0 Å². The number of carbonyl (C=O) groups is 3. The molecule has 8 nitrogen and oxygen atoms in total. The minimum atomic E-state index is -0.620. The number of para-hydroxylation sites is 1. The Balaban J connectivity index is 1.85. The summed E-state index contributed by atoms with van der Waals surface area (Å²) in [5.41, 5.74) is 1.01. The highest BCUT2D eigenvalue weighted by Crippen LogP contribution is 2.23. The third-order valence-corrected chi connectivity index (χ3v) is 4.42. The molecular formula is C17H19N3O5. The van der Waals surface area contributed by atoms with Crippen molar-refractivity contribution in [3.63, 3.8) is 0 Å². The van der Waals surface area contributed by atoms with Gasteiger partial charge < -0.3 is 19.7 Å². The maximum Gasteiger partial charge on any atom is 0.339 e. The molecule has 1 fully saturated rings. The number of methoxy groups -OCH3 is 1. The lowest BCUT2D eigenvalue weighted by Crippen LogP contribution is -2.50. The monoisotopic (exact) mass is 345 g/mol. The van der Waals surface area contributed by atoms with Crippen molar-refractivity contribution in [1.82, 2.24) is 14.8 Å². The van der Waals surface area contributed by atoms with Crippen LogP contribution >= 0.6 is 0 Å². The smallest absolute Gasteiger partial charge is 0.339 e. The fraction of sp³-hybridized carbons (Fsp3) is 0.353. The number of aliphatic hydroxyl groups excluding tert-OH is 1. The molecule has 1 amide bonds. The molecular weight excluding hydrogens is 326 g/mol. The maximum absolute atomic E-state index is 12.6. The lowest BCUT2D eigenvalue weighted by molar-refractivity contribution is -0.128. The van der Waals surface area contributed by atoms with Crippen LogP contribution in [0.2, 0.25) is 0 Å². The number of piperazine rings is 1. The molecule has 1 aliphatic rings. The zero-order chi connectivity index (χ0) is 18.0. The van der Waals surface area contributed by atoms with Gasteiger partial charge in [0, 0.05) is 37.8 Å². The normalized spacial score (nSPS) is 15.4. The second kappa shape index (κ2) is 7.04. The fourth-order valence-electron chi connectivity index (χ4n) is 2.97. The van der Waals surface area contributed by atoms with Crippen LogP contribution in [-0.2, 0) is 9.53 Å². The Labute approximate surface area is 144 Å². The van der Waals surface area contributed by atoms with Crippen LogP contribution in [0.15, 0.2) is 24.4 Å². The van der Waals surface area contributed by atoms with Crippen LogP contribution in [0.3, 0.4) is 0 Å². The van der Waals surface area contributed by atoms with Crippen molar-refractivity contribution in [3.8, 4) is 0 Å². The molecule has 8 heteroatoms. The molecule has 2 N–H and O–H groups in total. The Morgan fingerprint density at radius 3 is 2.52 bits per heavy atom. The van der Waals surface area contributed by atoms with Gasteiger partial charge in [-0.1, -0.05) is 12.1 Å². The van der Waals surface area contributed by atoms with E-state index >= 15 is 0 Å². The van der Waals surface area contributed by atoms with Crippen molar-refractivity contribution >= 4 is 28.6 Å². The first-order valence-electron chi connectivity index (χ1n) is 7.92. The summed E-state index contributed by atoms with van der Waals surface area (Å²) >= 11 is 0. The quantitative estimate of drug-likeness (QED) is 0.467. The van der Waals surface area contributed by atoms with Gasteiger partial charge in [-0.3, -0.25) is 14.5 Å². The molecule has 0 atom stereocenters. The number of ketones is 1. The first-order valence-corrected chi connectivity index (χ1v) is 7.92. The largest absolute Gasteiger partial charge is 0.465 e. The van der Waals surface area contributed by atoms with Gasteiger partial charge in [0.25, 0.3) is 11.7 Å². The van der Waals surface area contributed by atoms with Gasteiger partial charge >= 0.3 is 5.97 Å². The highest BCUT2D eigenvalue weighted by molar-refractivity contribution is 6.45. The average molecular weight is 345 g/mol. The van der Waals surface area contributed by atoms with Gasteiger partial charge in [-0.15, -0.1) is 0 Å². The zero-order valence-electron chi connectivity index (χ0n) is 13.8. The number of aromatic amines is 1. The molecule has 132 valence electrons. The summed E-state index contributed by atoms with van der Waals surface area (Å²) in [5.74, 6) is -1.72. The minimum absolute atomic E-state index is 0.0608. The third-order valence-electron chi connectivity index (χ3n) is 4.42. The van der Waals surface area contributed by atoms with Crippen molar-refractivity contribution < 1.29 is 24.2 Å². The average Bonchev–Trinajstić information content (AvgIpc) is 3.10. The Morgan fingerprint density at radius 2 is 1.88 bits per heavy atom. The second-order valence-corrected chi connectivity index (χ2v) is 5.80. The third kappa shape index (κ3) is 3.13. The number of nitrogens with one attached hydrogen (secondary N) is 1. The van der Waals surface area contributed by atoms with Crippen LogP contribution in [-0.4, -0.2) is 77.6 Å². The molecule has 1 saturated heterocycles. The molecule has 0 aliphatic carbocycles. The Kier molecular flexibility index (Phi) is 4.82. The number of nitrogens with zero attached hydrogens (tertiary/aromatic N) is 2. The van der Waals surface area contributed by atoms with Gasteiger partial charge in [0.05, 0.1) is 30.5 Å². The number of Topliss-reactive ketones (excluding diaryl/α,β-unsaturated/α-hetero) is 1. The van der Waals surface area contributed by atoms with Gasteiger partial charge in [0.2, 0.25) is 0 Å². The molecule has 0 bridgehead atoms. The summed E-state index contributed by atoms with van der Waals surface area (Å²) in [6, 6.07) is 4.92. The van der Waals surface area contributed by atoms with Crippen LogP contribution in [0.5, 0.6) is 0 Å².